The molecule has 0 unspecified atom stereocenters. The molecule has 4 bridgehead atoms. The van der Waals surface area contributed by atoms with Crippen LogP contribution in [0.2, 0.25) is 0 Å². The summed E-state index contributed by atoms with van der Waals surface area (Å²) < 4.78 is 6.16. The maximum atomic E-state index is 6.16. The number of hydrogen-bond acceptors (Lipinski definition) is 8. The lowest BCUT2D eigenvalue weighted by Crippen LogP contribution is -2.48. The third-order valence-electron chi connectivity index (χ3n) is 7.80. The molecule has 3 heterocycles. The average molecular weight is 451 g/mol. The molecular weight excluding hydrogens is 420 g/mol. The molecule has 2 aromatic rings. The van der Waals surface area contributed by atoms with Gasteiger partial charge in [0.2, 0.25) is 11.8 Å². The Morgan fingerprint density at radius 1 is 0.938 bits per heavy atom. The lowest BCUT2D eigenvalue weighted by Gasteiger charge is -2.55. The highest BCUT2D eigenvalue weighted by molar-refractivity contribution is 7.99. The maximum Gasteiger partial charge on any atom is 0.277 e. The predicted octanol–water partition coefficient (Wildman–Crippen LogP) is 3.25. The van der Waals surface area contributed by atoms with Gasteiger partial charge in [0.05, 0.1) is 12.3 Å². The minimum absolute atomic E-state index is 0.180. The zero-order valence-electron chi connectivity index (χ0n) is 18.4. The average Bonchev–Trinajstić information content (AvgIpc) is 3.29. The Morgan fingerprint density at radius 2 is 1.62 bits per heavy atom. The van der Waals surface area contributed by atoms with Crippen LogP contribution in [0.5, 0.6) is 0 Å². The first kappa shape index (κ1) is 20.5. The summed E-state index contributed by atoms with van der Waals surface area (Å²) in [6.07, 6.45) is 11.7. The minimum atomic E-state index is 0.180. The fourth-order valence-corrected chi connectivity index (χ4v) is 7.27. The van der Waals surface area contributed by atoms with Gasteiger partial charge in [-0.05, 0) is 62.3 Å². The zero-order valence-corrected chi connectivity index (χ0v) is 19.3. The fraction of sp³-hybridized carbons (Fsp3) is 0.667. The van der Waals surface area contributed by atoms with Crippen molar-refractivity contribution in [2.75, 3.05) is 43.4 Å². The monoisotopic (exact) mass is 450 g/mol. The summed E-state index contributed by atoms with van der Waals surface area (Å²) in [6.45, 7) is 4.65. The van der Waals surface area contributed by atoms with Crippen molar-refractivity contribution in [3.05, 3.63) is 24.4 Å². The second-order valence-corrected chi connectivity index (χ2v) is 11.0. The van der Waals surface area contributed by atoms with Crippen LogP contribution in [0.4, 0.5) is 5.95 Å². The van der Waals surface area contributed by atoms with Crippen molar-refractivity contribution in [3.8, 4) is 11.8 Å². The van der Waals surface area contributed by atoms with E-state index in [2.05, 4.69) is 41.8 Å². The van der Waals surface area contributed by atoms with Crippen molar-refractivity contribution < 1.29 is 4.42 Å². The molecule has 4 aliphatic carbocycles. The molecule has 7 nitrogen and oxygen atoms in total. The van der Waals surface area contributed by atoms with Gasteiger partial charge in [-0.2, -0.15) is 0 Å². The van der Waals surface area contributed by atoms with Gasteiger partial charge in [0.15, 0.2) is 0 Å². The summed E-state index contributed by atoms with van der Waals surface area (Å²) in [5.41, 5.74) is 0.180. The third-order valence-corrected chi connectivity index (χ3v) is 8.50. The lowest BCUT2D eigenvalue weighted by molar-refractivity contribution is -0.0191. The predicted molar refractivity (Wildman–Crippen MR) is 123 cm³/mol. The SMILES string of the molecule is C(#CCN1CCN(c2ncccn2)CC1)CSc1nnc(C23CC4CC(CC(C4)C2)C3)o1. The molecule has 0 spiro atoms. The standard InChI is InChI=1S/C24H30N6OS/c1(6-29-7-9-30(10-8-29)22-25-4-3-5-26-22)2-11-32-23-28-27-21(31-23)24-15-18-12-19(16-24)14-20(13-18)17-24/h3-5,18-20H,6-17H2. The molecule has 2 aromatic heterocycles. The zero-order chi connectivity index (χ0) is 21.4. The Balaban J connectivity index is 0.969. The number of aromatic nitrogens is 4. The van der Waals surface area contributed by atoms with Crippen molar-refractivity contribution >= 4 is 17.7 Å². The number of thioether (sulfide) groups is 1. The number of rotatable bonds is 5. The van der Waals surface area contributed by atoms with E-state index in [0.717, 1.165) is 62.3 Å². The summed E-state index contributed by atoms with van der Waals surface area (Å²) >= 11 is 1.57. The first-order valence-electron chi connectivity index (χ1n) is 11.9. The molecule has 0 aromatic carbocycles. The van der Waals surface area contributed by atoms with E-state index in [1.54, 1.807) is 24.2 Å². The van der Waals surface area contributed by atoms with E-state index in [4.69, 9.17) is 4.42 Å². The van der Waals surface area contributed by atoms with Crippen LogP contribution < -0.4 is 4.90 Å². The van der Waals surface area contributed by atoms with E-state index in [1.165, 1.54) is 38.5 Å². The van der Waals surface area contributed by atoms with Crippen LogP contribution >= 0.6 is 11.8 Å². The van der Waals surface area contributed by atoms with Gasteiger partial charge in [-0.1, -0.05) is 23.6 Å². The third kappa shape index (κ3) is 4.13. The van der Waals surface area contributed by atoms with Gasteiger partial charge in [-0.15, -0.1) is 10.2 Å². The number of nitrogens with zero attached hydrogens (tertiary/aromatic N) is 6. The number of piperazine rings is 1. The van der Waals surface area contributed by atoms with Crippen molar-refractivity contribution in [1.82, 2.24) is 25.1 Å². The Bertz CT molecular complexity index is 955. The van der Waals surface area contributed by atoms with Crippen LogP contribution in [0.25, 0.3) is 0 Å². The van der Waals surface area contributed by atoms with E-state index < -0.39 is 0 Å². The normalized spacial score (nSPS) is 31.5. The molecule has 32 heavy (non-hydrogen) atoms. The van der Waals surface area contributed by atoms with Crippen molar-refractivity contribution in [2.45, 2.75) is 49.2 Å². The molecule has 0 N–H and O–H groups in total. The topological polar surface area (TPSA) is 71.2 Å². The molecule has 4 saturated carbocycles. The highest BCUT2D eigenvalue weighted by Gasteiger charge is 2.54. The smallest absolute Gasteiger partial charge is 0.277 e. The van der Waals surface area contributed by atoms with Crippen molar-refractivity contribution in [1.29, 1.82) is 0 Å². The molecule has 1 saturated heterocycles. The van der Waals surface area contributed by atoms with Gasteiger partial charge >= 0.3 is 0 Å². The molecule has 5 fully saturated rings. The minimum Gasteiger partial charge on any atom is -0.415 e. The first-order chi connectivity index (χ1) is 15.8. The summed E-state index contributed by atoms with van der Waals surface area (Å²) in [7, 11) is 0. The highest BCUT2D eigenvalue weighted by atomic mass is 32.2. The van der Waals surface area contributed by atoms with E-state index in [-0.39, 0.29) is 5.41 Å². The van der Waals surface area contributed by atoms with Crippen LogP contribution in [-0.4, -0.2) is 63.5 Å². The van der Waals surface area contributed by atoms with E-state index >= 15 is 0 Å². The lowest BCUT2D eigenvalue weighted by atomic mass is 9.49. The highest BCUT2D eigenvalue weighted by Crippen LogP contribution is 2.60. The van der Waals surface area contributed by atoms with Crippen LogP contribution in [0.1, 0.15) is 44.4 Å². The van der Waals surface area contributed by atoms with E-state index in [9.17, 15) is 0 Å². The molecule has 0 atom stereocenters. The summed E-state index contributed by atoms with van der Waals surface area (Å²) in [5.74, 6) is 11.7. The maximum absolute atomic E-state index is 6.16. The second kappa shape index (κ2) is 8.68. The van der Waals surface area contributed by atoms with Gasteiger partial charge in [-0.25, -0.2) is 9.97 Å². The number of anilines is 1. The summed E-state index contributed by atoms with van der Waals surface area (Å²) in [4.78, 5) is 13.3. The second-order valence-electron chi connectivity index (χ2n) is 10.0. The molecule has 7 rings (SSSR count). The molecule has 8 heteroatoms. The van der Waals surface area contributed by atoms with Crippen LogP contribution in [-0.2, 0) is 5.41 Å². The Kier molecular flexibility index (Phi) is 5.56. The van der Waals surface area contributed by atoms with E-state index in [0.29, 0.717) is 11.0 Å². The van der Waals surface area contributed by atoms with E-state index in [1.807, 2.05) is 6.07 Å². The summed E-state index contributed by atoms with van der Waals surface area (Å²) in [6, 6.07) is 1.85. The molecular formula is C24H30N6OS. The van der Waals surface area contributed by atoms with Crippen LogP contribution in [0.3, 0.4) is 0 Å². The first-order valence-corrected chi connectivity index (χ1v) is 12.9. The van der Waals surface area contributed by atoms with Crippen LogP contribution in [0.15, 0.2) is 28.1 Å². The van der Waals surface area contributed by atoms with Gasteiger partial charge in [0.1, 0.15) is 0 Å². The Labute approximate surface area is 193 Å². The van der Waals surface area contributed by atoms with Gasteiger partial charge in [0.25, 0.3) is 5.22 Å². The van der Waals surface area contributed by atoms with Gasteiger partial charge in [0, 0.05) is 44.0 Å². The largest absolute Gasteiger partial charge is 0.415 e. The molecule has 5 aliphatic rings. The Morgan fingerprint density at radius 3 is 2.31 bits per heavy atom. The van der Waals surface area contributed by atoms with Crippen LogP contribution in [0, 0.1) is 29.6 Å². The molecule has 0 radical (unpaired) electrons. The quantitative estimate of drug-likeness (QED) is 0.508. The van der Waals surface area contributed by atoms with Crippen molar-refractivity contribution in [3.63, 3.8) is 0 Å². The Hall–Kier alpha value is -2.11. The molecule has 168 valence electrons. The van der Waals surface area contributed by atoms with Gasteiger partial charge in [-0.3, -0.25) is 4.90 Å². The molecule has 1 aliphatic heterocycles. The fourth-order valence-electron chi connectivity index (χ4n) is 6.73. The molecule has 0 amide bonds. The number of hydrogen-bond donors (Lipinski definition) is 0. The summed E-state index contributed by atoms with van der Waals surface area (Å²) in [5, 5.41) is 9.53. The van der Waals surface area contributed by atoms with Gasteiger partial charge < -0.3 is 9.32 Å². The van der Waals surface area contributed by atoms with Crippen molar-refractivity contribution in [2.24, 2.45) is 17.8 Å².